The van der Waals surface area contributed by atoms with E-state index in [2.05, 4.69) is 11.6 Å². The molecule has 0 unspecified atom stereocenters. The first-order valence-corrected chi connectivity index (χ1v) is 7.60. The van der Waals surface area contributed by atoms with Gasteiger partial charge in [0.2, 0.25) is 0 Å². The lowest BCUT2D eigenvalue weighted by Crippen LogP contribution is -2.08. The van der Waals surface area contributed by atoms with Crippen molar-refractivity contribution >= 4 is 16.7 Å². The fraction of sp³-hybridized carbons (Fsp3) is 0.389. The molecule has 1 aromatic heterocycles. The van der Waals surface area contributed by atoms with Crippen molar-refractivity contribution in [2.24, 2.45) is 0 Å². The summed E-state index contributed by atoms with van der Waals surface area (Å²) in [5.41, 5.74) is 0.383. The highest BCUT2D eigenvalue weighted by Crippen LogP contribution is 2.37. The summed E-state index contributed by atoms with van der Waals surface area (Å²) in [5, 5.41) is 0.502. The summed E-state index contributed by atoms with van der Waals surface area (Å²) in [6.45, 7) is 9.62. The van der Waals surface area contributed by atoms with Gasteiger partial charge in [-0.25, -0.2) is 0 Å². The van der Waals surface area contributed by atoms with Crippen LogP contribution in [0.1, 0.15) is 43.9 Å². The molecular weight excluding hydrogens is 303 g/mol. The Balaban J connectivity index is 0.00000127. The summed E-state index contributed by atoms with van der Waals surface area (Å²) >= 11 is 0. The molecule has 0 amide bonds. The maximum atomic E-state index is 13.3. The maximum absolute atomic E-state index is 13.3. The van der Waals surface area contributed by atoms with Crippen molar-refractivity contribution in [3.8, 4) is 0 Å². The van der Waals surface area contributed by atoms with Crippen LogP contribution in [0.25, 0.3) is 16.7 Å². The Labute approximate surface area is 135 Å². The minimum Gasteiger partial charge on any atom is -0.497 e. The molecule has 0 fully saturated rings. The largest absolute Gasteiger partial charge is 0.497 e. The molecule has 2 rings (SSSR count). The topological polar surface area (TPSA) is 22.1 Å². The summed E-state index contributed by atoms with van der Waals surface area (Å²) in [6.07, 6.45) is -1.51. The molecule has 0 bridgehead atoms. The monoisotopic (exact) mass is 325 g/mol. The third-order valence-corrected chi connectivity index (χ3v) is 3.33. The number of hydrogen-bond donors (Lipinski definition) is 0. The van der Waals surface area contributed by atoms with E-state index in [0.717, 1.165) is 18.1 Å². The van der Waals surface area contributed by atoms with E-state index in [1.165, 1.54) is 13.3 Å². The molecule has 0 saturated carbocycles. The van der Waals surface area contributed by atoms with Gasteiger partial charge in [0.25, 0.3) is 0 Å². The maximum Gasteiger partial charge on any atom is 0.418 e. The van der Waals surface area contributed by atoms with Crippen molar-refractivity contribution in [2.45, 2.75) is 39.8 Å². The second kappa shape index (κ2) is 7.99. The number of aryl methyl sites for hydroxylation is 1. The van der Waals surface area contributed by atoms with Crippen LogP contribution in [0.4, 0.5) is 13.2 Å². The van der Waals surface area contributed by atoms with E-state index >= 15 is 0 Å². The average molecular weight is 325 g/mol. The summed E-state index contributed by atoms with van der Waals surface area (Å²) in [5.74, 6) is 0.203. The molecule has 0 aliphatic heterocycles. The second-order valence-corrected chi connectivity index (χ2v) is 4.77. The zero-order valence-electron chi connectivity index (χ0n) is 13.9. The lowest BCUT2D eigenvalue weighted by molar-refractivity contribution is -0.136. The van der Waals surface area contributed by atoms with Crippen LogP contribution < -0.4 is 0 Å². The van der Waals surface area contributed by atoms with Crippen LogP contribution >= 0.6 is 0 Å². The number of ether oxygens (including phenoxy) is 1. The van der Waals surface area contributed by atoms with E-state index in [9.17, 15) is 13.2 Å². The van der Waals surface area contributed by atoms with Gasteiger partial charge in [0.15, 0.2) is 0 Å². The van der Waals surface area contributed by atoms with Crippen LogP contribution in [-0.2, 0) is 17.3 Å². The predicted octanol–water partition coefficient (Wildman–Crippen LogP) is 5.85. The molecule has 0 atom stereocenters. The van der Waals surface area contributed by atoms with Gasteiger partial charge < -0.3 is 4.74 Å². The van der Waals surface area contributed by atoms with Gasteiger partial charge in [0, 0.05) is 17.1 Å². The average Bonchev–Trinajstić information content (AvgIpc) is 2.54. The number of alkyl halides is 3. The van der Waals surface area contributed by atoms with Gasteiger partial charge in [-0.05, 0) is 30.2 Å². The van der Waals surface area contributed by atoms with Crippen molar-refractivity contribution in [3.05, 3.63) is 47.7 Å². The van der Waals surface area contributed by atoms with E-state index in [-0.39, 0.29) is 11.3 Å². The van der Waals surface area contributed by atoms with Crippen LogP contribution in [0, 0.1) is 0 Å². The van der Waals surface area contributed by atoms with Gasteiger partial charge in [-0.15, -0.1) is 0 Å². The molecule has 0 aliphatic carbocycles. The van der Waals surface area contributed by atoms with Crippen molar-refractivity contribution in [1.29, 1.82) is 0 Å². The van der Waals surface area contributed by atoms with Crippen molar-refractivity contribution in [3.63, 3.8) is 0 Å². The first-order chi connectivity index (χ1) is 10.9. The van der Waals surface area contributed by atoms with E-state index in [1.807, 2.05) is 20.8 Å². The molecule has 1 heterocycles. The Hall–Kier alpha value is -2.04. The van der Waals surface area contributed by atoms with Gasteiger partial charge in [0.1, 0.15) is 5.76 Å². The summed E-state index contributed by atoms with van der Waals surface area (Å²) < 4.78 is 44.8. The Bertz CT molecular complexity index is 678. The number of halogens is 3. The SMILES string of the molecule is C=C(OC)c1cc(C(F)(F)F)c2nccc(CCC)c2c1.CC. The molecule has 0 radical (unpaired) electrons. The number of benzene rings is 1. The summed E-state index contributed by atoms with van der Waals surface area (Å²) in [6, 6.07) is 4.45. The van der Waals surface area contributed by atoms with Gasteiger partial charge in [-0.1, -0.05) is 33.8 Å². The lowest BCUT2D eigenvalue weighted by Gasteiger charge is -2.15. The fourth-order valence-electron chi connectivity index (χ4n) is 2.29. The van der Waals surface area contributed by atoms with Crippen molar-refractivity contribution in [2.75, 3.05) is 7.11 Å². The normalized spacial score (nSPS) is 10.9. The van der Waals surface area contributed by atoms with E-state index in [4.69, 9.17) is 4.74 Å². The van der Waals surface area contributed by atoms with Crippen LogP contribution in [0.3, 0.4) is 0 Å². The molecule has 0 aliphatic rings. The number of fused-ring (bicyclic) bond motifs is 1. The molecule has 0 N–H and O–H groups in total. The fourth-order valence-corrected chi connectivity index (χ4v) is 2.29. The van der Waals surface area contributed by atoms with E-state index in [1.54, 1.807) is 12.1 Å². The first-order valence-electron chi connectivity index (χ1n) is 7.60. The number of aromatic nitrogens is 1. The zero-order valence-corrected chi connectivity index (χ0v) is 13.9. The predicted molar refractivity (Wildman–Crippen MR) is 88.1 cm³/mol. The molecule has 5 heteroatoms. The molecule has 23 heavy (non-hydrogen) atoms. The Morgan fingerprint density at radius 3 is 2.43 bits per heavy atom. The lowest BCUT2D eigenvalue weighted by atomic mass is 9.98. The Morgan fingerprint density at radius 2 is 1.91 bits per heavy atom. The minimum absolute atomic E-state index is 0.0268. The minimum atomic E-state index is -4.47. The Kier molecular flexibility index (Phi) is 6.61. The van der Waals surface area contributed by atoms with Crippen LogP contribution in [0.2, 0.25) is 0 Å². The highest BCUT2D eigenvalue weighted by molar-refractivity contribution is 5.88. The van der Waals surface area contributed by atoms with Crippen molar-refractivity contribution in [1.82, 2.24) is 4.98 Å². The molecule has 1 aromatic carbocycles. The quantitative estimate of drug-likeness (QED) is 0.658. The summed E-state index contributed by atoms with van der Waals surface area (Å²) in [7, 11) is 1.38. The van der Waals surface area contributed by atoms with Gasteiger partial charge in [0.05, 0.1) is 18.2 Å². The second-order valence-electron chi connectivity index (χ2n) is 4.77. The zero-order chi connectivity index (χ0) is 17.6. The molecule has 0 saturated heterocycles. The van der Waals surface area contributed by atoms with E-state index in [0.29, 0.717) is 17.4 Å². The molecule has 2 nitrogen and oxygen atoms in total. The number of methoxy groups -OCH3 is 1. The standard InChI is InChI=1S/C16H16F3NO.C2H6/c1-4-5-11-6-7-20-15-13(11)8-12(10(2)21-3)9-14(15)16(17,18)19;1-2/h6-9H,2,4-5H2,1,3H3;1-2H3. The van der Waals surface area contributed by atoms with Crippen LogP contribution in [0.15, 0.2) is 31.0 Å². The number of pyridine rings is 1. The molecule has 126 valence electrons. The van der Waals surface area contributed by atoms with Crippen molar-refractivity contribution < 1.29 is 17.9 Å². The van der Waals surface area contributed by atoms with E-state index < -0.39 is 11.7 Å². The van der Waals surface area contributed by atoms with Gasteiger partial charge in [-0.3, -0.25) is 4.98 Å². The van der Waals surface area contributed by atoms with Crippen LogP contribution in [0.5, 0.6) is 0 Å². The molecule has 0 spiro atoms. The summed E-state index contributed by atoms with van der Waals surface area (Å²) in [4.78, 5) is 3.93. The van der Waals surface area contributed by atoms with Gasteiger partial charge in [-0.2, -0.15) is 13.2 Å². The highest BCUT2D eigenvalue weighted by Gasteiger charge is 2.34. The number of rotatable bonds is 4. The highest BCUT2D eigenvalue weighted by atomic mass is 19.4. The molecular formula is C18H22F3NO. The number of nitrogens with zero attached hydrogens (tertiary/aromatic N) is 1. The smallest absolute Gasteiger partial charge is 0.418 e. The van der Waals surface area contributed by atoms with Gasteiger partial charge >= 0.3 is 6.18 Å². The Morgan fingerprint density at radius 1 is 1.26 bits per heavy atom. The third kappa shape index (κ3) is 4.24. The number of hydrogen-bond acceptors (Lipinski definition) is 2. The molecule has 2 aromatic rings. The first kappa shape index (κ1) is 19.0. The third-order valence-electron chi connectivity index (χ3n) is 3.33. The van der Waals surface area contributed by atoms with Crippen LogP contribution in [-0.4, -0.2) is 12.1 Å².